The number of benzene rings is 2. The smallest absolute Gasteiger partial charge is 0.407 e. The second-order valence-electron chi connectivity index (χ2n) is 11.3. The number of nitrogens with two attached hydrogens (primary N) is 2. The minimum Gasteiger partial charge on any atom is -0.490 e. The third-order valence-electron chi connectivity index (χ3n) is 8.19. The Hall–Kier alpha value is -4.46. The number of hydrogen-bond acceptors (Lipinski definition) is 9. The fourth-order valence-electron chi connectivity index (χ4n) is 5.64. The van der Waals surface area contributed by atoms with Crippen molar-refractivity contribution in [3.8, 4) is 5.75 Å². The van der Waals surface area contributed by atoms with Crippen molar-refractivity contribution in [3.63, 3.8) is 0 Å². The zero-order valence-electron chi connectivity index (χ0n) is 26.0. The molecule has 2 aliphatic rings. The van der Waals surface area contributed by atoms with Crippen LogP contribution in [0.5, 0.6) is 5.75 Å². The summed E-state index contributed by atoms with van der Waals surface area (Å²) in [5.41, 5.74) is 16.9. The molecule has 0 radical (unpaired) electrons. The molecule has 3 heterocycles. The molecule has 1 fully saturated rings. The van der Waals surface area contributed by atoms with E-state index in [1.807, 2.05) is 17.5 Å². The first kappa shape index (κ1) is 33.9. The number of rotatable bonds is 12. The number of likely N-dealkylation sites (tertiary alicyclic amines) is 1. The van der Waals surface area contributed by atoms with Gasteiger partial charge in [0, 0.05) is 48.6 Å². The Morgan fingerprint density at radius 3 is 2.77 bits per heavy atom. The molecule has 1 atom stereocenters. The van der Waals surface area contributed by atoms with Crippen molar-refractivity contribution < 1.29 is 32.6 Å². The third kappa shape index (κ3) is 8.10. The molecule has 0 bridgehead atoms. The van der Waals surface area contributed by atoms with E-state index >= 15 is 0 Å². The normalized spacial score (nSPS) is 18.6. The highest BCUT2D eigenvalue weighted by Crippen LogP contribution is 2.27. The summed E-state index contributed by atoms with van der Waals surface area (Å²) in [7, 11) is 0. The predicted octanol–water partition coefficient (Wildman–Crippen LogP) is 2.01. The SMILES string of the molecule is C=CC(=O)N1CCC(CF)(OC(=O)NCCOCCOc2cc(F)ccc2/C(N)=c2\scc\c2=C(\N)c2ccc3c(c2)CCNC3)C1. The maximum Gasteiger partial charge on any atom is 0.407 e. The van der Waals surface area contributed by atoms with Gasteiger partial charge in [0.2, 0.25) is 5.91 Å². The first-order valence-electron chi connectivity index (χ1n) is 15.3. The Morgan fingerprint density at radius 2 is 1.96 bits per heavy atom. The molecule has 2 aromatic carbocycles. The Balaban J connectivity index is 1.17. The molecular weight excluding hydrogens is 628 g/mol. The van der Waals surface area contributed by atoms with Gasteiger partial charge in [-0.1, -0.05) is 18.7 Å². The number of nitrogens with zero attached hydrogens (tertiary/aromatic N) is 1. The minimum atomic E-state index is -1.38. The van der Waals surface area contributed by atoms with Gasteiger partial charge in [0.15, 0.2) is 5.60 Å². The summed E-state index contributed by atoms with van der Waals surface area (Å²) in [4.78, 5) is 25.4. The molecule has 1 unspecified atom stereocenters. The molecule has 13 heteroatoms. The average Bonchev–Trinajstić information content (AvgIpc) is 3.75. The number of amides is 2. The van der Waals surface area contributed by atoms with E-state index in [0.29, 0.717) is 17.0 Å². The topological polar surface area (TPSA) is 141 Å². The van der Waals surface area contributed by atoms with Gasteiger partial charge in [-0.2, -0.15) is 0 Å². The Bertz CT molecular complexity index is 1750. The van der Waals surface area contributed by atoms with Gasteiger partial charge in [-0.25, -0.2) is 13.6 Å². The number of nitrogens with one attached hydrogen (secondary N) is 2. The van der Waals surface area contributed by atoms with Crippen molar-refractivity contribution in [1.29, 1.82) is 0 Å². The molecule has 250 valence electrons. The number of carbonyl (C=O) groups excluding carboxylic acids is 2. The first-order chi connectivity index (χ1) is 22.7. The van der Waals surface area contributed by atoms with E-state index in [0.717, 1.165) is 40.9 Å². The van der Waals surface area contributed by atoms with Crippen LogP contribution in [0.15, 0.2) is 60.5 Å². The van der Waals surface area contributed by atoms with Crippen LogP contribution in [-0.2, 0) is 27.2 Å². The van der Waals surface area contributed by atoms with Gasteiger partial charge in [-0.3, -0.25) is 4.79 Å². The lowest BCUT2D eigenvalue weighted by Crippen LogP contribution is -2.44. The highest BCUT2D eigenvalue weighted by molar-refractivity contribution is 7.07. The Kier molecular flexibility index (Phi) is 11.1. The van der Waals surface area contributed by atoms with Crippen molar-refractivity contribution in [2.75, 3.05) is 52.7 Å². The molecule has 47 heavy (non-hydrogen) atoms. The maximum atomic E-state index is 14.3. The lowest BCUT2D eigenvalue weighted by molar-refractivity contribution is -0.126. The second-order valence-corrected chi connectivity index (χ2v) is 12.3. The molecule has 0 aliphatic carbocycles. The summed E-state index contributed by atoms with van der Waals surface area (Å²) in [6.07, 6.45) is 1.47. The van der Waals surface area contributed by atoms with Crippen molar-refractivity contribution in [2.24, 2.45) is 11.5 Å². The predicted molar refractivity (Wildman–Crippen MR) is 176 cm³/mol. The van der Waals surface area contributed by atoms with Gasteiger partial charge in [0.1, 0.15) is 24.8 Å². The number of fused-ring (bicyclic) bond motifs is 1. The Labute approximate surface area is 275 Å². The highest BCUT2D eigenvalue weighted by Gasteiger charge is 2.43. The summed E-state index contributed by atoms with van der Waals surface area (Å²) < 4.78 is 45.5. The van der Waals surface area contributed by atoms with Crippen LogP contribution in [0.3, 0.4) is 0 Å². The third-order valence-corrected chi connectivity index (χ3v) is 9.14. The van der Waals surface area contributed by atoms with E-state index in [9.17, 15) is 18.4 Å². The quantitative estimate of drug-likeness (QED) is 0.170. The lowest BCUT2D eigenvalue weighted by atomic mass is 9.97. The van der Waals surface area contributed by atoms with Gasteiger partial charge in [-0.05, 0) is 65.4 Å². The van der Waals surface area contributed by atoms with Crippen LogP contribution in [-0.4, -0.2) is 75.2 Å². The van der Waals surface area contributed by atoms with Crippen LogP contribution >= 0.6 is 11.3 Å². The molecule has 6 N–H and O–H groups in total. The van der Waals surface area contributed by atoms with E-state index < -0.39 is 24.2 Å². The minimum absolute atomic E-state index is 0.0359. The summed E-state index contributed by atoms with van der Waals surface area (Å²) in [5, 5.41) is 8.60. The van der Waals surface area contributed by atoms with Crippen LogP contribution in [0, 0.1) is 5.82 Å². The molecule has 2 amide bonds. The number of thiophene rings is 1. The number of alkyl carbamates (subject to hydrolysis) is 1. The van der Waals surface area contributed by atoms with Gasteiger partial charge in [0.05, 0.1) is 30.0 Å². The molecule has 1 saturated heterocycles. The van der Waals surface area contributed by atoms with Crippen molar-refractivity contribution in [1.82, 2.24) is 15.5 Å². The summed E-state index contributed by atoms with van der Waals surface area (Å²) >= 11 is 1.44. The molecule has 5 rings (SSSR count). The number of halogens is 2. The first-order valence-corrected chi connectivity index (χ1v) is 16.2. The van der Waals surface area contributed by atoms with Crippen LogP contribution < -0.4 is 36.6 Å². The fraction of sp³-hybridized carbons (Fsp3) is 0.353. The summed E-state index contributed by atoms with van der Waals surface area (Å²) in [6, 6.07) is 12.3. The average molecular weight is 668 g/mol. The maximum absolute atomic E-state index is 14.3. The highest BCUT2D eigenvalue weighted by atomic mass is 32.1. The van der Waals surface area contributed by atoms with Gasteiger partial charge in [0.25, 0.3) is 0 Å². The van der Waals surface area contributed by atoms with Crippen LogP contribution in [0.2, 0.25) is 0 Å². The van der Waals surface area contributed by atoms with Crippen LogP contribution in [0.4, 0.5) is 13.6 Å². The van der Waals surface area contributed by atoms with E-state index in [1.165, 1.54) is 39.5 Å². The van der Waals surface area contributed by atoms with E-state index in [2.05, 4.69) is 29.3 Å². The van der Waals surface area contributed by atoms with Gasteiger partial charge in [-0.15, -0.1) is 11.3 Å². The van der Waals surface area contributed by atoms with Crippen molar-refractivity contribution >= 4 is 34.7 Å². The molecule has 10 nitrogen and oxygen atoms in total. The van der Waals surface area contributed by atoms with Gasteiger partial charge >= 0.3 is 6.09 Å². The Morgan fingerprint density at radius 1 is 1.11 bits per heavy atom. The molecule has 3 aromatic rings. The largest absolute Gasteiger partial charge is 0.490 e. The number of carbonyl (C=O) groups is 2. The number of hydrogen-bond donors (Lipinski definition) is 4. The fourth-order valence-corrected chi connectivity index (χ4v) is 6.52. The standard InChI is InChI=1S/C34H39F2N5O5S/c1-2-29(42)41-12-9-34(20-35,21-41)46-33(43)40-11-13-44-14-15-45-28-18-25(36)5-6-26(28)31(38)32-27(8-16-47-32)30(37)23-3-4-24-19-39-10-7-22(24)17-23/h2-6,8,16-18,39H,1,7,9-15,19-21,37-38H2,(H,40,43)/b30-27-,32-31+. The zero-order chi connectivity index (χ0) is 33.4. The van der Waals surface area contributed by atoms with E-state index in [1.54, 1.807) is 6.07 Å². The number of ether oxygens (including phenoxy) is 3. The lowest BCUT2D eigenvalue weighted by Gasteiger charge is -2.26. The molecule has 0 saturated carbocycles. The molecule has 0 spiro atoms. The monoisotopic (exact) mass is 667 g/mol. The molecular formula is C34H39F2N5O5S. The summed E-state index contributed by atoms with van der Waals surface area (Å²) in [5.74, 6) is -0.569. The second kappa shape index (κ2) is 15.4. The number of alkyl halides is 1. The van der Waals surface area contributed by atoms with E-state index in [-0.39, 0.29) is 57.5 Å². The van der Waals surface area contributed by atoms with Gasteiger partial charge < -0.3 is 41.2 Å². The van der Waals surface area contributed by atoms with Crippen LogP contribution in [0.25, 0.3) is 11.4 Å². The molecule has 2 aliphatic heterocycles. The van der Waals surface area contributed by atoms with Crippen molar-refractivity contribution in [2.45, 2.75) is 25.0 Å². The van der Waals surface area contributed by atoms with E-state index in [4.69, 9.17) is 25.7 Å². The van der Waals surface area contributed by atoms with Crippen LogP contribution in [0.1, 0.15) is 28.7 Å². The summed E-state index contributed by atoms with van der Waals surface area (Å²) in [6.45, 7) is 4.96. The zero-order valence-corrected chi connectivity index (χ0v) is 26.8. The van der Waals surface area contributed by atoms with Crippen molar-refractivity contribution in [3.05, 3.63) is 98.3 Å². The molecule has 1 aromatic heterocycles.